The molecule has 2 aromatic rings. The number of carbonyl (C=O) groups is 1. The number of benzene rings is 2. The highest BCUT2D eigenvalue weighted by Gasteiger charge is 2.50. The molecule has 1 atom stereocenters. The van der Waals surface area contributed by atoms with Gasteiger partial charge in [-0.25, -0.2) is 4.99 Å². The van der Waals surface area contributed by atoms with E-state index in [1.165, 1.54) is 11.0 Å². The molecule has 0 aromatic heterocycles. The van der Waals surface area contributed by atoms with E-state index in [2.05, 4.69) is 16.8 Å². The largest absolute Gasteiger partial charge is 0.435 e. The van der Waals surface area contributed by atoms with Crippen LogP contribution < -0.4 is 10.5 Å². The van der Waals surface area contributed by atoms with Crippen molar-refractivity contribution in [2.45, 2.75) is 44.8 Å². The number of nitrogens with two attached hydrogens (primary N) is 1. The summed E-state index contributed by atoms with van der Waals surface area (Å²) in [6.07, 6.45) is 1.77. The van der Waals surface area contributed by atoms with E-state index in [1.807, 2.05) is 38.1 Å². The normalized spacial score (nSPS) is 20.4. The Labute approximate surface area is 186 Å². The molecule has 0 unspecified atom stereocenters. The number of carbonyl (C=O) groups excluding carboxylic acids is 1. The lowest BCUT2D eigenvalue weighted by Gasteiger charge is -2.27. The Balaban J connectivity index is 1.89. The molecule has 1 fully saturated rings. The van der Waals surface area contributed by atoms with Crippen LogP contribution in [0.3, 0.4) is 0 Å². The molecule has 2 aliphatic rings. The van der Waals surface area contributed by atoms with Gasteiger partial charge in [-0.1, -0.05) is 43.9 Å². The maximum Gasteiger partial charge on any atom is 0.387 e. The van der Waals surface area contributed by atoms with Gasteiger partial charge < -0.3 is 10.5 Å². The third kappa shape index (κ3) is 3.93. The minimum absolute atomic E-state index is 0.0922. The Bertz CT molecular complexity index is 1150. The summed E-state index contributed by atoms with van der Waals surface area (Å²) in [7, 11) is 1.57. The molecule has 1 aliphatic heterocycles. The van der Waals surface area contributed by atoms with E-state index in [0.29, 0.717) is 16.7 Å². The van der Waals surface area contributed by atoms with Crippen molar-refractivity contribution in [3.05, 3.63) is 64.7 Å². The highest BCUT2D eigenvalue weighted by molar-refractivity contribution is 6.09. The van der Waals surface area contributed by atoms with E-state index in [4.69, 9.17) is 10.5 Å². The number of guanidine groups is 1. The topological polar surface area (TPSA) is 67.9 Å². The Morgan fingerprint density at radius 1 is 1.19 bits per heavy atom. The summed E-state index contributed by atoms with van der Waals surface area (Å²) in [4.78, 5) is 19.4. The molecule has 0 spiro atoms. The van der Waals surface area contributed by atoms with Crippen molar-refractivity contribution < 1.29 is 18.3 Å². The molecule has 32 heavy (non-hydrogen) atoms. The van der Waals surface area contributed by atoms with Crippen molar-refractivity contribution in [1.82, 2.24) is 4.90 Å². The summed E-state index contributed by atoms with van der Waals surface area (Å²) in [5, 5.41) is 0. The van der Waals surface area contributed by atoms with Crippen molar-refractivity contribution in [1.29, 1.82) is 0 Å². The van der Waals surface area contributed by atoms with Gasteiger partial charge in [0, 0.05) is 18.5 Å². The highest BCUT2D eigenvalue weighted by Crippen LogP contribution is 2.48. The van der Waals surface area contributed by atoms with Crippen LogP contribution in [0.2, 0.25) is 0 Å². The number of halogens is 2. The molecular formula is C25H25F2N3O2. The van der Waals surface area contributed by atoms with Crippen LogP contribution in [0.25, 0.3) is 0 Å². The summed E-state index contributed by atoms with van der Waals surface area (Å²) in [5.41, 5.74) is 7.25. The van der Waals surface area contributed by atoms with E-state index in [1.54, 1.807) is 19.2 Å². The first-order valence-corrected chi connectivity index (χ1v) is 10.6. The molecule has 1 saturated carbocycles. The van der Waals surface area contributed by atoms with Crippen LogP contribution in [0, 0.1) is 17.8 Å². The highest BCUT2D eigenvalue weighted by atomic mass is 19.3. The second-order valence-electron chi connectivity index (χ2n) is 8.45. The molecule has 2 aromatic carbocycles. The zero-order chi connectivity index (χ0) is 23.0. The number of rotatable bonds is 5. The summed E-state index contributed by atoms with van der Waals surface area (Å²) < 4.78 is 30.6. The fourth-order valence-corrected chi connectivity index (χ4v) is 3.92. The Hall–Kier alpha value is -3.40. The van der Waals surface area contributed by atoms with Gasteiger partial charge in [-0.2, -0.15) is 8.78 Å². The van der Waals surface area contributed by atoms with Crippen molar-refractivity contribution >= 4 is 11.9 Å². The number of nitrogens with zero attached hydrogens (tertiary/aromatic N) is 2. The SMILES string of the molecule is CC(C)C#Cc1cccc([C@@]2(c3ccc(OC(F)F)c(C4CC4)c3)N=C(N)N(C)C2=O)c1. The predicted octanol–water partition coefficient (Wildman–Crippen LogP) is 4.20. The van der Waals surface area contributed by atoms with Gasteiger partial charge in [0.1, 0.15) is 5.75 Å². The Kier molecular flexibility index (Phi) is 5.64. The van der Waals surface area contributed by atoms with Crippen LogP contribution in [0.4, 0.5) is 8.78 Å². The van der Waals surface area contributed by atoms with E-state index >= 15 is 0 Å². The molecule has 0 radical (unpaired) electrons. The molecule has 2 N–H and O–H groups in total. The quantitative estimate of drug-likeness (QED) is 0.713. The van der Waals surface area contributed by atoms with E-state index in [-0.39, 0.29) is 29.5 Å². The number of alkyl halides is 2. The van der Waals surface area contributed by atoms with E-state index in [9.17, 15) is 13.6 Å². The summed E-state index contributed by atoms with van der Waals surface area (Å²) >= 11 is 0. The van der Waals surface area contributed by atoms with Gasteiger partial charge in [0.25, 0.3) is 5.91 Å². The lowest BCUT2D eigenvalue weighted by Crippen LogP contribution is -2.41. The average molecular weight is 437 g/mol. The number of amides is 1. The molecule has 1 aliphatic carbocycles. The van der Waals surface area contributed by atoms with E-state index in [0.717, 1.165) is 18.4 Å². The molecule has 0 bridgehead atoms. The van der Waals surface area contributed by atoms with Crippen LogP contribution in [-0.2, 0) is 10.3 Å². The zero-order valence-electron chi connectivity index (χ0n) is 18.2. The van der Waals surface area contributed by atoms with Crippen LogP contribution in [-0.4, -0.2) is 30.4 Å². The molecular weight excluding hydrogens is 412 g/mol. The minimum atomic E-state index is -2.92. The number of hydrogen-bond acceptors (Lipinski definition) is 4. The van der Waals surface area contributed by atoms with Crippen molar-refractivity contribution in [2.75, 3.05) is 7.05 Å². The van der Waals surface area contributed by atoms with Crippen molar-refractivity contribution in [3.63, 3.8) is 0 Å². The monoisotopic (exact) mass is 437 g/mol. The maximum atomic E-state index is 13.5. The lowest BCUT2D eigenvalue weighted by molar-refractivity contribution is -0.129. The van der Waals surface area contributed by atoms with Gasteiger partial charge in [-0.05, 0) is 59.7 Å². The smallest absolute Gasteiger partial charge is 0.387 e. The summed E-state index contributed by atoms with van der Waals surface area (Å²) in [6.45, 7) is 1.08. The Morgan fingerprint density at radius 2 is 1.91 bits per heavy atom. The third-order valence-electron chi connectivity index (χ3n) is 5.69. The number of aliphatic imine (C=N–C) groups is 1. The van der Waals surface area contributed by atoms with Gasteiger partial charge in [-0.3, -0.25) is 9.69 Å². The van der Waals surface area contributed by atoms with Gasteiger partial charge >= 0.3 is 6.61 Å². The molecule has 1 heterocycles. The summed E-state index contributed by atoms with van der Waals surface area (Å²) in [6, 6.07) is 12.2. The van der Waals surface area contributed by atoms with Gasteiger partial charge in [0.05, 0.1) is 0 Å². The predicted molar refractivity (Wildman–Crippen MR) is 118 cm³/mol. The van der Waals surface area contributed by atoms with Crippen LogP contribution in [0.1, 0.15) is 54.9 Å². The molecule has 0 saturated heterocycles. The Morgan fingerprint density at radius 3 is 2.50 bits per heavy atom. The fraction of sp³-hybridized carbons (Fsp3) is 0.360. The first-order valence-electron chi connectivity index (χ1n) is 10.6. The zero-order valence-corrected chi connectivity index (χ0v) is 18.2. The molecule has 7 heteroatoms. The second kappa shape index (κ2) is 8.27. The standard InChI is InChI=1S/C25H25F2N3O2/c1-15(2)7-8-16-5-4-6-18(13-16)25(22(31)30(3)24(28)29-25)19-11-12-21(32-23(26)27)20(14-19)17-9-10-17/h4-6,11-15,17,23H,9-10H2,1-3H3,(H2,28,29)/t25-/m0/s1. The number of ether oxygens (including phenoxy) is 1. The second-order valence-corrected chi connectivity index (χ2v) is 8.45. The summed E-state index contributed by atoms with van der Waals surface area (Å²) in [5.74, 6) is 6.49. The van der Waals surface area contributed by atoms with E-state index < -0.39 is 12.2 Å². The lowest BCUT2D eigenvalue weighted by atomic mass is 9.81. The van der Waals surface area contributed by atoms with Gasteiger partial charge in [0.2, 0.25) is 0 Å². The van der Waals surface area contributed by atoms with Crippen molar-refractivity contribution in [2.24, 2.45) is 16.6 Å². The van der Waals surface area contributed by atoms with Gasteiger partial charge in [0.15, 0.2) is 11.5 Å². The number of likely N-dealkylation sites (N-methyl/N-ethyl adjacent to an activating group) is 1. The molecule has 1 amide bonds. The molecule has 5 nitrogen and oxygen atoms in total. The van der Waals surface area contributed by atoms with Gasteiger partial charge in [-0.15, -0.1) is 0 Å². The first-order chi connectivity index (χ1) is 15.2. The fourth-order valence-electron chi connectivity index (χ4n) is 3.92. The van der Waals surface area contributed by atoms with Crippen LogP contribution in [0.5, 0.6) is 5.75 Å². The minimum Gasteiger partial charge on any atom is -0.435 e. The number of hydrogen-bond donors (Lipinski definition) is 1. The first kappa shape index (κ1) is 21.8. The maximum absolute atomic E-state index is 13.5. The molecule has 4 rings (SSSR count). The third-order valence-corrected chi connectivity index (χ3v) is 5.69. The van der Waals surface area contributed by atoms with Crippen LogP contribution in [0.15, 0.2) is 47.5 Å². The molecule has 166 valence electrons. The van der Waals surface area contributed by atoms with Crippen molar-refractivity contribution in [3.8, 4) is 17.6 Å². The average Bonchev–Trinajstić information content (AvgIpc) is 3.57. The van der Waals surface area contributed by atoms with Crippen LogP contribution >= 0.6 is 0 Å².